The van der Waals surface area contributed by atoms with Crippen molar-refractivity contribution in [2.75, 3.05) is 16.3 Å². The molecule has 2 aromatic carbocycles. The number of aromatic nitrogens is 3. The number of sulfonamides is 1. The van der Waals surface area contributed by atoms with Crippen molar-refractivity contribution in [3.63, 3.8) is 0 Å². The molecule has 37 heavy (non-hydrogen) atoms. The van der Waals surface area contributed by atoms with Crippen LogP contribution in [0.4, 0.5) is 21.5 Å². The van der Waals surface area contributed by atoms with E-state index in [0.717, 1.165) is 19.1 Å². The zero-order valence-electron chi connectivity index (χ0n) is 20.2. The highest BCUT2D eigenvalue weighted by Gasteiger charge is 2.30. The summed E-state index contributed by atoms with van der Waals surface area (Å²) in [5.74, 6) is -0.517. The monoisotopic (exact) mass is 635 g/mol. The van der Waals surface area contributed by atoms with Gasteiger partial charge in [0.05, 0.1) is 34.6 Å². The van der Waals surface area contributed by atoms with Crippen molar-refractivity contribution in [1.29, 1.82) is 0 Å². The smallest absolute Gasteiger partial charge is 0.278 e. The lowest BCUT2D eigenvalue weighted by Crippen LogP contribution is -2.29. The van der Waals surface area contributed by atoms with Crippen LogP contribution in [0.1, 0.15) is 24.4 Å². The highest BCUT2D eigenvalue weighted by atomic mass is 127. The number of fused-ring (bicyclic) bond motifs is 1. The van der Waals surface area contributed by atoms with Crippen LogP contribution >= 0.6 is 22.6 Å². The Morgan fingerprint density at radius 2 is 1.84 bits per heavy atom. The predicted octanol–water partition coefficient (Wildman–Crippen LogP) is 4.26. The molecule has 2 aromatic heterocycles. The molecule has 0 aliphatic heterocycles. The van der Waals surface area contributed by atoms with Gasteiger partial charge in [0.1, 0.15) is 11.5 Å². The summed E-state index contributed by atoms with van der Waals surface area (Å²) in [6.45, 7) is 1.59. The molecule has 2 heterocycles. The topological polar surface area (TPSA) is 115 Å². The molecule has 4 aromatic rings. The molecule has 0 radical (unpaired) electrons. The minimum atomic E-state index is -3.53. The third-order valence-corrected chi connectivity index (χ3v) is 7.48. The van der Waals surface area contributed by atoms with Gasteiger partial charge in [0.25, 0.3) is 11.1 Å². The second-order valence-electron chi connectivity index (χ2n) is 9.12. The van der Waals surface area contributed by atoms with Crippen LogP contribution in [0.25, 0.3) is 22.2 Å². The zero-order chi connectivity index (χ0) is 26.6. The van der Waals surface area contributed by atoms with E-state index < -0.39 is 21.4 Å². The predicted molar refractivity (Wildman–Crippen MR) is 151 cm³/mol. The number of hydrogen-bond acceptors (Lipinski definition) is 6. The van der Waals surface area contributed by atoms with E-state index in [2.05, 4.69) is 15.1 Å². The molecule has 0 amide bonds. The van der Waals surface area contributed by atoms with Crippen molar-refractivity contribution in [3.05, 3.63) is 78.1 Å². The summed E-state index contributed by atoms with van der Waals surface area (Å²) in [5.41, 5.74) is 1.27. The SMILES string of the molecule is Cc1c(Nc2ccc(I)cc2F)c2c(=O)n(C3CC3)nc(-c3cccc(NS(C)(=O)=O)c3)c2n(C)c1=O. The van der Waals surface area contributed by atoms with Gasteiger partial charge in [-0.3, -0.25) is 14.3 Å². The molecule has 1 aliphatic rings. The molecule has 5 rings (SSSR count). The highest BCUT2D eigenvalue weighted by Crippen LogP contribution is 2.37. The first kappa shape index (κ1) is 25.4. The number of nitrogens with zero attached hydrogens (tertiary/aromatic N) is 3. The van der Waals surface area contributed by atoms with Crippen LogP contribution in [0, 0.1) is 16.3 Å². The van der Waals surface area contributed by atoms with Crippen LogP contribution < -0.4 is 21.2 Å². The normalized spacial score (nSPS) is 13.6. The highest BCUT2D eigenvalue weighted by molar-refractivity contribution is 14.1. The summed E-state index contributed by atoms with van der Waals surface area (Å²) in [4.78, 5) is 27.1. The molecule has 0 bridgehead atoms. The van der Waals surface area contributed by atoms with E-state index in [-0.39, 0.29) is 39.4 Å². The Kier molecular flexibility index (Phi) is 6.34. The maximum atomic E-state index is 14.8. The molecule has 9 nitrogen and oxygen atoms in total. The first-order valence-electron chi connectivity index (χ1n) is 11.4. The second-order valence-corrected chi connectivity index (χ2v) is 12.1. The van der Waals surface area contributed by atoms with E-state index in [1.54, 1.807) is 50.4 Å². The maximum Gasteiger partial charge on any atom is 0.278 e. The summed E-state index contributed by atoms with van der Waals surface area (Å²) < 4.78 is 44.3. The number of anilines is 3. The Balaban J connectivity index is 1.84. The standard InChI is InChI=1S/C25H23FIN5O4S/c1-13-21(28-19-10-7-15(27)12-18(19)26)20-23(31(2)24(13)33)22(29-32(25(20)34)17-8-9-17)14-5-4-6-16(11-14)30-37(3,35)36/h4-7,10-12,17,28,30H,8-9H2,1-3H3. The second kappa shape index (κ2) is 9.24. The van der Waals surface area contributed by atoms with Gasteiger partial charge in [-0.25, -0.2) is 17.5 Å². The molecular formula is C25H23FIN5O4S. The summed E-state index contributed by atoms with van der Waals surface area (Å²) in [5, 5.41) is 7.85. The van der Waals surface area contributed by atoms with Gasteiger partial charge in [-0.15, -0.1) is 0 Å². The Labute approximate surface area is 225 Å². The van der Waals surface area contributed by atoms with Gasteiger partial charge >= 0.3 is 0 Å². The number of benzene rings is 2. The van der Waals surface area contributed by atoms with Crippen molar-refractivity contribution in [1.82, 2.24) is 14.3 Å². The van der Waals surface area contributed by atoms with Crippen LogP contribution in [0.2, 0.25) is 0 Å². The van der Waals surface area contributed by atoms with E-state index >= 15 is 0 Å². The average Bonchev–Trinajstić information content (AvgIpc) is 3.66. The van der Waals surface area contributed by atoms with Gasteiger partial charge in [-0.05, 0) is 72.7 Å². The Hall–Kier alpha value is -3.26. The summed E-state index contributed by atoms with van der Waals surface area (Å²) in [6.07, 6.45) is 2.62. The fourth-order valence-electron chi connectivity index (χ4n) is 4.32. The number of aryl methyl sites for hydroxylation is 1. The van der Waals surface area contributed by atoms with Crippen molar-refractivity contribution >= 4 is 60.6 Å². The largest absolute Gasteiger partial charge is 0.352 e. The molecule has 0 spiro atoms. The fourth-order valence-corrected chi connectivity index (χ4v) is 5.33. The van der Waals surface area contributed by atoms with Gasteiger partial charge in [0, 0.05) is 27.4 Å². The van der Waals surface area contributed by atoms with Gasteiger partial charge in [-0.2, -0.15) is 5.10 Å². The van der Waals surface area contributed by atoms with Gasteiger partial charge in [0.15, 0.2) is 0 Å². The molecular weight excluding hydrogens is 612 g/mol. The van der Waals surface area contributed by atoms with Crippen LogP contribution in [-0.4, -0.2) is 29.0 Å². The van der Waals surface area contributed by atoms with Crippen LogP contribution in [0.3, 0.4) is 0 Å². The van der Waals surface area contributed by atoms with Crippen molar-refractivity contribution in [3.8, 4) is 11.3 Å². The van der Waals surface area contributed by atoms with E-state index in [1.807, 2.05) is 22.6 Å². The average molecular weight is 635 g/mol. The summed E-state index contributed by atoms with van der Waals surface area (Å²) in [6, 6.07) is 11.1. The first-order valence-corrected chi connectivity index (χ1v) is 14.4. The lowest BCUT2D eigenvalue weighted by molar-refractivity contribution is 0.606. The lowest BCUT2D eigenvalue weighted by Gasteiger charge is -2.19. The van der Waals surface area contributed by atoms with Gasteiger partial charge in [-0.1, -0.05) is 12.1 Å². The minimum absolute atomic E-state index is 0.0894. The quantitative estimate of drug-likeness (QED) is 0.306. The van der Waals surface area contributed by atoms with E-state index in [1.165, 1.54) is 15.3 Å². The third kappa shape index (κ3) is 4.87. The molecule has 0 atom stereocenters. The molecule has 0 saturated heterocycles. The van der Waals surface area contributed by atoms with Crippen molar-refractivity contribution in [2.24, 2.45) is 7.05 Å². The number of pyridine rings is 1. The molecule has 1 fully saturated rings. The van der Waals surface area contributed by atoms with Crippen molar-refractivity contribution in [2.45, 2.75) is 25.8 Å². The Morgan fingerprint density at radius 3 is 2.49 bits per heavy atom. The molecule has 192 valence electrons. The zero-order valence-corrected chi connectivity index (χ0v) is 23.1. The summed E-state index contributed by atoms with van der Waals surface area (Å²) in [7, 11) is -1.98. The Bertz CT molecular complexity index is 1810. The van der Waals surface area contributed by atoms with E-state index in [0.29, 0.717) is 20.5 Å². The maximum absolute atomic E-state index is 14.8. The number of rotatable bonds is 6. The molecule has 0 unspecified atom stereocenters. The number of nitrogens with one attached hydrogen (secondary N) is 2. The van der Waals surface area contributed by atoms with Crippen LogP contribution in [-0.2, 0) is 17.1 Å². The van der Waals surface area contributed by atoms with Crippen LogP contribution in [0.15, 0.2) is 52.1 Å². The fraction of sp³-hybridized carbons (Fsp3) is 0.240. The van der Waals surface area contributed by atoms with Crippen molar-refractivity contribution < 1.29 is 12.8 Å². The van der Waals surface area contributed by atoms with E-state index in [4.69, 9.17) is 0 Å². The first-order chi connectivity index (χ1) is 17.4. The number of halogens is 2. The number of hydrogen-bond donors (Lipinski definition) is 2. The third-order valence-electron chi connectivity index (χ3n) is 6.20. The van der Waals surface area contributed by atoms with Crippen LogP contribution in [0.5, 0.6) is 0 Å². The van der Waals surface area contributed by atoms with Gasteiger partial charge < -0.3 is 9.88 Å². The molecule has 12 heteroatoms. The minimum Gasteiger partial charge on any atom is -0.352 e. The van der Waals surface area contributed by atoms with Gasteiger partial charge in [0.2, 0.25) is 10.0 Å². The summed E-state index contributed by atoms with van der Waals surface area (Å²) >= 11 is 2.00. The molecule has 1 saturated carbocycles. The lowest BCUT2D eigenvalue weighted by atomic mass is 10.0. The Morgan fingerprint density at radius 1 is 1.11 bits per heavy atom. The molecule has 1 aliphatic carbocycles. The van der Waals surface area contributed by atoms with E-state index in [9.17, 15) is 22.4 Å². The molecule has 2 N–H and O–H groups in total.